The Hall–Kier alpha value is -0.580. The fraction of sp³-hybridized carbons (Fsp3) is 0.800. The van der Waals surface area contributed by atoms with Gasteiger partial charge in [0.25, 0.3) is 0 Å². The molecular weight excluding hydrogens is 176 g/mol. The Morgan fingerprint density at radius 1 is 1.43 bits per heavy atom. The maximum absolute atomic E-state index is 3.59. The molecule has 2 heterocycles. The molecular formula is C10H20N4. The predicted octanol–water partition coefficient (Wildman–Crippen LogP) is 0.00790. The second kappa shape index (κ2) is 4.29. The second-order valence-corrected chi connectivity index (χ2v) is 4.34. The number of likely N-dealkylation sites (tertiary alicyclic amines) is 1. The molecule has 1 fully saturated rings. The van der Waals surface area contributed by atoms with Crippen molar-refractivity contribution >= 4 is 0 Å². The van der Waals surface area contributed by atoms with Crippen LogP contribution in [-0.2, 0) is 0 Å². The molecule has 1 atom stereocenters. The molecule has 80 valence electrons. The summed E-state index contributed by atoms with van der Waals surface area (Å²) in [4.78, 5) is 2.39. The third-order valence-corrected chi connectivity index (χ3v) is 2.98. The Balaban J connectivity index is 1.75. The molecule has 14 heavy (non-hydrogen) atoms. The van der Waals surface area contributed by atoms with Crippen molar-refractivity contribution in [2.75, 3.05) is 20.1 Å². The van der Waals surface area contributed by atoms with Crippen molar-refractivity contribution in [1.82, 2.24) is 21.1 Å². The van der Waals surface area contributed by atoms with Crippen LogP contribution < -0.4 is 16.2 Å². The second-order valence-electron chi connectivity index (χ2n) is 4.34. The van der Waals surface area contributed by atoms with Crippen LogP contribution in [0.3, 0.4) is 0 Å². The first kappa shape index (κ1) is 9.96. The van der Waals surface area contributed by atoms with Crippen molar-refractivity contribution in [3.8, 4) is 0 Å². The average molecular weight is 196 g/mol. The molecule has 3 N–H and O–H groups in total. The topological polar surface area (TPSA) is 39.3 Å². The lowest BCUT2D eigenvalue weighted by molar-refractivity contribution is 0.224. The SMILES string of the molecule is CC1=CC(NC2CCN(C)CC2)NN1. The highest BCUT2D eigenvalue weighted by atomic mass is 15.4. The van der Waals surface area contributed by atoms with Crippen LogP contribution in [-0.4, -0.2) is 37.2 Å². The van der Waals surface area contributed by atoms with Gasteiger partial charge in [0.15, 0.2) is 0 Å². The minimum atomic E-state index is 0.309. The monoisotopic (exact) mass is 196 g/mol. The van der Waals surface area contributed by atoms with E-state index >= 15 is 0 Å². The summed E-state index contributed by atoms with van der Waals surface area (Å²) in [5, 5.41) is 3.59. The smallest absolute Gasteiger partial charge is 0.0959 e. The van der Waals surface area contributed by atoms with Crippen LogP contribution >= 0.6 is 0 Å². The van der Waals surface area contributed by atoms with Gasteiger partial charge < -0.3 is 10.3 Å². The van der Waals surface area contributed by atoms with Crippen LogP contribution in [0.25, 0.3) is 0 Å². The first-order valence-electron chi connectivity index (χ1n) is 5.38. The van der Waals surface area contributed by atoms with Crippen LogP contribution in [0, 0.1) is 0 Å². The summed E-state index contributed by atoms with van der Waals surface area (Å²) < 4.78 is 0. The highest BCUT2D eigenvalue weighted by Crippen LogP contribution is 2.09. The molecule has 0 aliphatic carbocycles. The number of rotatable bonds is 2. The van der Waals surface area contributed by atoms with Crippen molar-refractivity contribution in [3.63, 3.8) is 0 Å². The van der Waals surface area contributed by atoms with E-state index in [1.807, 2.05) is 0 Å². The summed E-state index contributed by atoms with van der Waals surface area (Å²) in [5.41, 5.74) is 7.51. The van der Waals surface area contributed by atoms with Gasteiger partial charge in [-0.1, -0.05) is 0 Å². The zero-order chi connectivity index (χ0) is 9.97. The summed E-state index contributed by atoms with van der Waals surface area (Å²) in [6.07, 6.45) is 5.00. The van der Waals surface area contributed by atoms with Crippen molar-refractivity contribution in [3.05, 3.63) is 11.8 Å². The molecule has 1 saturated heterocycles. The van der Waals surface area contributed by atoms with E-state index in [2.05, 4.69) is 41.1 Å². The maximum atomic E-state index is 3.59. The molecule has 0 radical (unpaired) electrons. The Labute approximate surface area is 85.7 Å². The lowest BCUT2D eigenvalue weighted by atomic mass is 10.1. The Kier molecular flexibility index (Phi) is 3.05. The molecule has 0 bridgehead atoms. The van der Waals surface area contributed by atoms with Crippen LogP contribution in [0.5, 0.6) is 0 Å². The first-order valence-corrected chi connectivity index (χ1v) is 5.38. The summed E-state index contributed by atoms with van der Waals surface area (Å²) in [7, 11) is 2.19. The summed E-state index contributed by atoms with van der Waals surface area (Å²) >= 11 is 0. The van der Waals surface area contributed by atoms with Gasteiger partial charge in [-0.25, -0.2) is 5.43 Å². The number of hydrogen-bond acceptors (Lipinski definition) is 4. The zero-order valence-electron chi connectivity index (χ0n) is 9.01. The van der Waals surface area contributed by atoms with E-state index in [-0.39, 0.29) is 0 Å². The predicted molar refractivity (Wildman–Crippen MR) is 57.5 cm³/mol. The fourth-order valence-electron chi connectivity index (χ4n) is 2.04. The largest absolute Gasteiger partial charge is 0.324 e. The van der Waals surface area contributed by atoms with Gasteiger partial charge in [-0.2, -0.15) is 0 Å². The number of nitrogens with one attached hydrogen (secondary N) is 3. The van der Waals surface area contributed by atoms with Crippen LogP contribution in [0.15, 0.2) is 11.8 Å². The number of nitrogens with zero attached hydrogens (tertiary/aromatic N) is 1. The van der Waals surface area contributed by atoms with Gasteiger partial charge in [-0.05, 0) is 46.0 Å². The third-order valence-electron chi connectivity index (χ3n) is 2.98. The average Bonchev–Trinajstić information content (AvgIpc) is 2.56. The first-order chi connectivity index (χ1) is 6.74. The van der Waals surface area contributed by atoms with E-state index in [9.17, 15) is 0 Å². The van der Waals surface area contributed by atoms with Gasteiger partial charge in [0.1, 0.15) is 0 Å². The quantitative estimate of drug-likeness (QED) is 0.582. The van der Waals surface area contributed by atoms with Crippen LogP contribution in [0.4, 0.5) is 0 Å². The van der Waals surface area contributed by atoms with Gasteiger partial charge in [-0.15, -0.1) is 0 Å². The van der Waals surface area contributed by atoms with Gasteiger partial charge in [-0.3, -0.25) is 5.32 Å². The highest BCUT2D eigenvalue weighted by Gasteiger charge is 2.20. The molecule has 0 saturated carbocycles. The molecule has 2 rings (SSSR count). The van der Waals surface area contributed by atoms with Crippen LogP contribution in [0.1, 0.15) is 19.8 Å². The van der Waals surface area contributed by atoms with Crippen LogP contribution in [0.2, 0.25) is 0 Å². The number of hydrazine groups is 1. The van der Waals surface area contributed by atoms with E-state index < -0.39 is 0 Å². The molecule has 4 nitrogen and oxygen atoms in total. The Bertz CT molecular complexity index is 218. The molecule has 1 unspecified atom stereocenters. The van der Waals surface area contributed by atoms with Crippen molar-refractivity contribution < 1.29 is 0 Å². The fourth-order valence-corrected chi connectivity index (χ4v) is 2.04. The van der Waals surface area contributed by atoms with Gasteiger partial charge >= 0.3 is 0 Å². The Morgan fingerprint density at radius 2 is 2.14 bits per heavy atom. The molecule has 0 amide bonds. The van der Waals surface area contributed by atoms with Gasteiger partial charge in [0.05, 0.1) is 6.17 Å². The van der Waals surface area contributed by atoms with E-state index in [4.69, 9.17) is 0 Å². The lowest BCUT2D eigenvalue weighted by Gasteiger charge is -2.31. The third kappa shape index (κ3) is 2.47. The lowest BCUT2D eigenvalue weighted by Crippen LogP contribution is -2.50. The van der Waals surface area contributed by atoms with E-state index in [1.54, 1.807) is 0 Å². The number of piperidine rings is 1. The molecule has 0 aromatic rings. The summed E-state index contributed by atoms with van der Waals surface area (Å²) in [6.45, 7) is 4.49. The van der Waals surface area contributed by atoms with E-state index in [0.29, 0.717) is 12.2 Å². The molecule has 0 aromatic carbocycles. The normalized spacial score (nSPS) is 30.1. The summed E-state index contributed by atoms with van der Waals surface area (Å²) in [5.74, 6) is 0. The maximum Gasteiger partial charge on any atom is 0.0959 e. The number of hydrogen-bond donors (Lipinski definition) is 3. The molecule has 4 heteroatoms. The van der Waals surface area contributed by atoms with Crippen molar-refractivity contribution in [2.24, 2.45) is 0 Å². The van der Waals surface area contributed by atoms with Crippen molar-refractivity contribution in [1.29, 1.82) is 0 Å². The molecule has 2 aliphatic heterocycles. The highest BCUT2D eigenvalue weighted by molar-refractivity contribution is 5.06. The summed E-state index contributed by atoms with van der Waals surface area (Å²) in [6, 6.07) is 0.660. The molecule has 2 aliphatic rings. The number of allylic oxidation sites excluding steroid dienone is 1. The van der Waals surface area contributed by atoms with E-state index in [1.165, 1.54) is 31.6 Å². The minimum Gasteiger partial charge on any atom is -0.324 e. The van der Waals surface area contributed by atoms with E-state index in [0.717, 1.165) is 0 Å². The van der Waals surface area contributed by atoms with Gasteiger partial charge in [0, 0.05) is 11.7 Å². The standard InChI is InChI=1S/C10H20N4/c1-8-7-10(13-12-8)11-9-3-5-14(2)6-4-9/h7,9-13H,3-6H2,1-2H3. The Morgan fingerprint density at radius 3 is 2.71 bits per heavy atom. The minimum absolute atomic E-state index is 0.309. The van der Waals surface area contributed by atoms with Gasteiger partial charge in [0.2, 0.25) is 0 Å². The zero-order valence-corrected chi connectivity index (χ0v) is 9.01. The van der Waals surface area contributed by atoms with Crippen molar-refractivity contribution in [2.45, 2.75) is 32.0 Å². The molecule has 0 aromatic heterocycles. The molecule has 0 spiro atoms.